The minimum atomic E-state index is -4.66. The van der Waals surface area contributed by atoms with Crippen molar-refractivity contribution in [2.75, 3.05) is 41.8 Å². The van der Waals surface area contributed by atoms with Gasteiger partial charge in [0.25, 0.3) is 0 Å². The van der Waals surface area contributed by atoms with Gasteiger partial charge in [-0.15, -0.1) is 0 Å². The molecule has 0 aliphatic carbocycles. The van der Waals surface area contributed by atoms with E-state index >= 15 is 4.39 Å². The van der Waals surface area contributed by atoms with Gasteiger partial charge in [0.15, 0.2) is 11.6 Å². The molecule has 1 aromatic heterocycles. The number of carbonyl (C=O) groups is 1. The highest BCUT2D eigenvalue weighted by atomic mass is 19.4. The normalized spacial score (nSPS) is 13.8. The second-order valence-electron chi connectivity index (χ2n) is 8.60. The van der Waals surface area contributed by atoms with Gasteiger partial charge in [-0.25, -0.2) is 18.6 Å². The van der Waals surface area contributed by atoms with Gasteiger partial charge < -0.3 is 25.0 Å². The number of morpholine rings is 1. The number of amides is 2. The largest absolute Gasteiger partial charge is 0.451 e. The van der Waals surface area contributed by atoms with Crippen LogP contribution in [0.1, 0.15) is 5.56 Å². The Balaban J connectivity index is 1.37. The molecule has 0 spiro atoms. The molecule has 5 rings (SSSR count). The molecule has 1 fully saturated rings. The Morgan fingerprint density at radius 2 is 1.73 bits per heavy atom. The monoisotopic (exact) mass is 563 g/mol. The molecule has 2 heterocycles. The van der Waals surface area contributed by atoms with E-state index in [1.54, 1.807) is 6.20 Å². The summed E-state index contributed by atoms with van der Waals surface area (Å²) in [5.74, 6) is -5.33. The number of carbonyl (C=O) groups excluding carboxylic acids is 1. The third-order valence-electron chi connectivity index (χ3n) is 5.87. The summed E-state index contributed by atoms with van der Waals surface area (Å²) >= 11 is 0. The Morgan fingerprint density at radius 1 is 0.950 bits per heavy atom. The Labute approximate surface area is 222 Å². The summed E-state index contributed by atoms with van der Waals surface area (Å²) in [6, 6.07) is 7.06. The first-order chi connectivity index (χ1) is 19.1. The lowest BCUT2D eigenvalue weighted by molar-refractivity contribution is -0.137. The number of halogens is 6. The number of fused-ring (bicyclic) bond motifs is 1. The van der Waals surface area contributed by atoms with Gasteiger partial charge in [-0.3, -0.25) is 4.98 Å². The molecule has 0 unspecified atom stereocenters. The molecule has 0 atom stereocenters. The van der Waals surface area contributed by atoms with E-state index in [1.807, 2.05) is 10.2 Å². The van der Waals surface area contributed by atoms with Crippen molar-refractivity contribution in [3.63, 3.8) is 0 Å². The number of rotatable bonds is 5. The molecule has 0 radical (unpaired) electrons. The Bertz CT molecular complexity index is 1580. The number of anilines is 3. The van der Waals surface area contributed by atoms with Gasteiger partial charge in [-0.2, -0.15) is 17.6 Å². The first kappa shape index (κ1) is 27.0. The molecular formula is C26H19F6N5O3. The molecule has 208 valence electrons. The van der Waals surface area contributed by atoms with E-state index in [1.165, 1.54) is 18.2 Å². The minimum Gasteiger partial charge on any atom is -0.451 e. The van der Waals surface area contributed by atoms with E-state index in [9.17, 15) is 26.7 Å². The van der Waals surface area contributed by atoms with Crippen LogP contribution in [0, 0.1) is 17.5 Å². The average molecular weight is 563 g/mol. The van der Waals surface area contributed by atoms with Crippen LogP contribution in [0.3, 0.4) is 0 Å². The fourth-order valence-corrected chi connectivity index (χ4v) is 3.93. The van der Waals surface area contributed by atoms with Crippen LogP contribution < -0.4 is 20.3 Å². The number of aromatic nitrogens is 2. The average Bonchev–Trinajstić information content (AvgIpc) is 2.93. The van der Waals surface area contributed by atoms with Crippen LogP contribution in [-0.4, -0.2) is 42.3 Å². The third kappa shape index (κ3) is 5.86. The topological polar surface area (TPSA) is 88.6 Å². The quantitative estimate of drug-likeness (QED) is 0.218. The number of hydrogen-bond acceptors (Lipinski definition) is 6. The molecule has 1 aliphatic rings. The van der Waals surface area contributed by atoms with Crippen LogP contribution in [0.4, 0.5) is 48.3 Å². The van der Waals surface area contributed by atoms with Crippen LogP contribution in [0.25, 0.3) is 11.0 Å². The van der Waals surface area contributed by atoms with Gasteiger partial charge >= 0.3 is 12.2 Å². The van der Waals surface area contributed by atoms with E-state index < -0.39 is 46.7 Å². The lowest BCUT2D eigenvalue weighted by Gasteiger charge is -2.27. The summed E-state index contributed by atoms with van der Waals surface area (Å²) in [7, 11) is 0. The molecule has 0 bridgehead atoms. The summed E-state index contributed by atoms with van der Waals surface area (Å²) in [6.07, 6.45) is -3.08. The molecular weight excluding hydrogens is 544 g/mol. The zero-order valence-electron chi connectivity index (χ0n) is 20.4. The minimum absolute atomic E-state index is 0.0938. The van der Waals surface area contributed by atoms with E-state index in [2.05, 4.69) is 15.3 Å². The zero-order chi connectivity index (χ0) is 28.4. The number of hydrogen-bond donors (Lipinski definition) is 2. The maximum Gasteiger partial charge on any atom is 0.416 e. The van der Waals surface area contributed by atoms with Crippen LogP contribution in [0.5, 0.6) is 11.5 Å². The second kappa shape index (κ2) is 10.9. The Morgan fingerprint density at radius 3 is 2.48 bits per heavy atom. The highest BCUT2D eigenvalue weighted by Gasteiger charge is 2.30. The Kier molecular flexibility index (Phi) is 7.34. The Hall–Kier alpha value is -4.59. The number of nitrogens with one attached hydrogen (secondary N) is 2. The van der Waals surface area contributed by atoms with Gasteiger partial charge in [0.05, 0.1) is 41.7 Å². The lowest BCUT2D eigenvalue weighted by atomic mass is 10.2. The van der Waals surface area contributed by atoms with Crippen LogP contribution in [0.2, 0.25) is 0 Å². The molecule has 1 aliphatic heterocycles. The number of urea groups is 1. The van der Waals surface area contributed by atoms with Crippen molar-refractivity contribution in [2.45, 2.75) is 6.18 Å². The molecule has 14 heteroatoms. The predicted molar refractivity (Wildman–Crippen MR) is 133 cm³/mol. The van der Waals surface area contributed by atoms with Gasteiger partial charge in [0, 0.05) is 30.9 Å². The smallest absolute Gasteiger partial charge is 0.416 e. The predicted octanol–water partition coefficient (Wildman–Crippen LogP) is 6.34. The van der Waals surface area contributed by atoms with E-state index in [0.717, 1.165) is 18.2 Å². The summed E-state index contributed by atoms with van der Waals surface area (Å²) in [5.41, 5.74) is -1.29. The van der Waals surface area contributed by atoms with E-state index in [-0.39, 0.29) is 11.4 Å². The highest BCUT2D eigenvalue weighted by molar-refractivity contribution is 6.00. The van der Waals surface area contributed by atoms with Gasteiger partial charge in [-0.1, -0.05) is 6.07 Å². The van der Waals surface area contributed by atoms with Gasteiger partial charge in [0.2, 0.25) is 11.6 Å². The van der Waals surface area contributed by atoms with Crippen molar-refractivity contribution in [3.8, 4) is 11.5 Å². The van der Waals surface area contributed by atoms with Crippen molar-refractivity contribution in [1.29, 1.82) is 0 Å². The fourth-order valence-electron chi connectivity index (χ4n) is 3.93. The molecule has 1 saturated heterocycles. The van der Waals surface area contributed by atoms with Gasteiger partial charge in [-0.05, 0) is 30.3 Å². The molecule has 8 nitrogen and oxygen atoms in total. The maximum absolute atomic E-state index is 15.2. The molecule has 40 heavy (non-hydrogen) atoms. The van der Waals surface area contributed by atoms with Crippen molar-refractivity contribution >= 4 is 34.3 Å². The van der Waals surface area contributed by atoms with Crippen molar-refractivity contribution < 1.29 is 40.6 Å². The highest BCUT2D eigenvalue weighted by Crippen LogP contribution is 2.35. The first-order valence-corrected chi connectivity index (χ1v) is 11.8. The zero-order valence-corrected chi connectivity index (χ0v) is 20.4. The molecule has 4 aromatic rings. The third-order valence-corrected chi connectivity index (χ3v) is 5.87. The van der Waals surface area contributed by atoms with Gasteiger partial charge in [0.1, 0.15) is 11.6 Å². The van der Waals surface area contributed by atoms with E-state index in [4.69, 9.17) is 9.47 Å². The lowest BCUT2D eigenvalue weighted by Crippen LogP contribution is -2.36. The SMILES string of the molecule is O=C(Nc1cccc(C(F)(F)F)c1)Nc1cc(F)c(F)c(Oc2ccc3ncc(N4CCOCC4)nc3c2)c1F. The van der Waals surface area contributed by atoms with E-state index in [0.29, 0.717) is 55.3 Å². The van der Waals surface area contributed by atoms with Crippen molar-refractivity contribution in [2.24, 2.45) is 0 Å². The standard InChI is InChI=1S/C26H19F6N5O3/c27-17-12-20(36-25(38)34-15-3-1-2-14(10-15)26(30,31)32)23(29)24(22(17)28)40-16-4-5-18-19(11-16)35-21(13-33-18)37-6-8-39-9-7-37/h1-5,10-13H,6-9H2,(H2,34,36,38). The fraction of sp³-hybridized carbons (Fsp3) is 0.192. The number of alkyl halides is 3. The van der Waals surface area contributed by atoms with Crippen LogP contribution in [-0.2, 0) is 10.9 Å². The summed E-state index contributed by atoms with van der Waals surface area (Å²) in [6.45, 7) is 2.26. The number of ether oxygens (including phenoxy) is 2. The van der Waals surface area contributed by atoms with Crippen molar-refractivity contribution in [1.82, 2.24) is 9.97 Å². The summed E-state index contributed by atoms with van der Waals surface area (Å²) in [4.78, 5) is 23.1. The summed E-state index contributed by atoms with van der Waals surface area (Å²) in [5, 5.41) is 4.04. The molecule has 2 amide bonds. The number of benzene rings is 3. The van der Waals surface area contributed by atoms with Crippen molar-refractivity contribution in [3.05, 3.63) is 77.7 Å². The second-order valence-corrected chi connectivity index (χ2v) is 8.60. The molecule has 0 saturated carbocycles. The first-order valence-electron chi connectivity index (χ1n) is 11.8. The molecule has 2 N–H and O–H groups in total. The maximum atomic E-state index is 15.2. The summed E-state index contributed by atoms with van der Waals surface area (Å²) < 4.78 is 93.5. The van der Waals surface area contributed by atoms with Crippen LogP contribution >= 0.6 is 0 Å². The number of nitrogens with zero attached hydrogens (tertiary/aromatic N) is 3. The van der Waals surface area contributed by atoms with Crippen LogP contribution in [0.15, 0.2) is 54.7 Å². The molecule has 3 aromatic carbocycles.